The van der Waals surface area contributed by atoms with Crippen LogP contribution in [0.25, 0.3) is 0 Å². The highest BCUT2D eigenvalue weighted by atomic mass is 35.5. The third-order valence-corrected chi connectivity index (χ3v) is 3.99. The van der Waals surface area contributed by atoms with E-state index in [0.717, 1.165) is 0 Å². The fraction of sp³-hybridized carbons (Fsp3) is 0.438. The molecule has 1 aromatic rings. The number of nitrogens with zero attached hydrogens (tertiary/aromatic N) is 2. The van der Waals surface area contributed by atoms with Crippen LogP contribution in [0.4, 0.5) is 10.5 Å². The molecule has 0 aromatic heterocycles. The molecule has 3 amide bonds. The molecule has 2 rings (SSSR count). The number of nitrogens with one attached hydrogen (secondary N) is 1. The highest BCUT2D eigenvalue weighted by molar-refractivity contribution is 6.39. The van der Waals surface area contributed by atoms with E-state index in [1.165, 1.54) is 23.0 Å². The van der Waals surface area contributed by atoms with Crippen molar-refractivity contribution in [3.63, 3.8) is 0 Å². The first-order valence-electron chi connectivity index (χ1n) is 7.81. The number of benzene rings is 1. The Balaban J connectivity index is 1.89. The summed E-state index contributed by atoms with van der Waals surface area (Å²) in [5, 5.41) is 2.84. The summed E-state index contributed by atoms with van der Waals surface area (Å²) in [6, 6.07) is 4.69. The van der Waals surface area contributed by atoms with Crippen molar-refractivity contribution in [2.75, 3.05) is 45.2 Å². The predicted molar refractivity (Wildman–Crippen MR) is 91.8 cm³/mol. The maximum atomic E-state index is 12.2. The molecule has 0 saturated carbocycles. The topological polar surface area (TPSA) is 88.2 Å². The molecule has 0 aliphatic carbocycles. The number of halogens is 1. The van der Waals surface area contributed by atoms with Crippen LogP contribution >= 0.6 is 11.6 Å². The fourth-order valence-electron chi connectivity index (χ4n) is 2.38. The first-order valence-corrected chi connectivity index (χ1v) is 8.19. The molecule has 136 valence electrons. The van der Waals surface area contributed by atoms with Crippen LogP contribution < -0.4 is 10.1 Å². The van der Waals surface area contributed by atoms with E-state index in [0.29, 0.717) is 36.2 Å². The Morgan fingerprint density at radius 2 is 1.80 bits per heavy atom. The van der Waals surface area contributed by atoms with Crippen LogP contribution in [0.2, 0.25) is 5.02 Å². The summed E-state index contributed by atoms with van der Waals surface area (Å²) in [6.07, 6.45) is -0.410. The monoisotopic (exact) mass is 369 g/mol. The van der Waals surface area contributed by atoms with Crippen molar-refractivity contribution < 1.29 is 23.9 Å². The van der Waals surface area contributed by atoms with Gasteiger partial charge in [0.2, 0.25) is 0 Å². The van der Waals surface area contributed by atoms with Gasteiger partial charge in [-0.2, -0.15) is 0 Å². The number of piperazine rings is 1. The van der Waals surface area contributed by atoms with Gasteiger partial charge in [0.15, 0.2) is 0 Å². The molecule has 0 unspecified atom stereocenters. The minimum atomic E-state index is -0.759. The van der Waals surface area contributed by atoms with Crippen molar-refractivity contribution in [3.05, 3.63) is 23.2 Å². The number of hydrogen-bond acceptors (Lipinski definition) is 5. The quantitative estimate of drug-likeness (QED) is 0.817. The number of methoxy groups -OCH3 is 1. The van der Waals surface area contributed by atoms with Crippen LogP contribution in [0, 0.1) is 0 Å². The van der Waals surface area contributed by atoms with E-state index in [1.54, 1.807) is 19.1 Å². The third kappa shape index (κ3) is 4.76. The Labute approximate surface area is 150 Å². The maximum absolute atomic E-state index is 12.2. The molecule has 0 bridgehead atoms. The van der Waals surface area contributed by atoms with Gasteiger partial charge >= 0.3 is 17.9 Å². The normalized spacial score (nSPS) is 14.0. The summed E-state index contributed by atoms with van der Waals surface area (Å²) in [5.74, 6) is -0.942. The number of carbonyl (C=O) groups excluding carboxylic acids is 3. The largest absolute Gasteiger partial charge is 0.495 e. The molecule has 0 spiro atoms. The second-order valence-corrected chi connectivity index (χ2v) is 5.69. The van der Waals surface area contributed by atoms with E-state index in [1.807, 2.05) is 0 Å². The van der Waals surface area contributed by atoms with Gasteiger partial charge in [-0.1, -0.05) is 11.6 Å². The van der Waals surface area contributed by atoms with Gasteiger partial charge in [0.25, 0.3) is 0 Å². The van der Waals surface area contributed by atoms with Gasteiger partial charge < -0.3 is 24.6 Å². The van der Waals surface area contributed by atoms with Gasteiger partial charge in [-0.25, -0.2) is 4.79 Å². The molecular formula is C16H20ClN3O5. The van der Waals surface area contributed by atoms with Crippen molar-refractivity contribution in [3.8, 4) is 5.75 Å². The molecule has 1 aromatic carbocycles. The van der Waals surface area contributed by atoms with E-state index in [9.17, 15) is 14.4 Å². The van der Waals surface area contributed by atoms with Crippen LogP contribution in [-0.4, -0.2) is 67.6 Å². The Morgan fingerprint density at radius 3 is 2.36 bits per heavy atom. The highest BCUT2D eigenvalue weighted by Gasteiger charge is 2.28. The van der Waals surface area contributed by atoms with Gasteiger partial charge in [-0.3, -0.25) is 9.59 Å². The average Bonchev–Trinajstić information content (AvgIpc) is 2.61. The smallest absolute Gasteiger partial charge is 0.409 e. The average molecular weight is 370 g/mol. The molecule has 1 N–H and O–H groups in total. The zero-order chi connectivity index (χ0) is 18.4. The number of rotatable bonds is 3. The van der Waals surface area contributed by atoms with Crippen molar-refractivity contribution in [2.45, 2.75) is 6.92 Å². The number of amides is 3. The zero-order valence-electron chi connectivity index (χ0n) is 14.1. The van der Waals surface area contributed by atoms with E-state index in [4.69, 9.17) is 21.1 Å². The summed E-state index contributed by atoms with van der Waals surface area (Å²) < 4.78 is 9.95. The summed E-state index contributed by atoms with van der Waals surface area (Å²) in [6.45, 7) is 3.22. The van der Waals surface area contributed by atoms with E-state index in [-0.39, 0.29) is 13.1 Å². The Morgan fingerprint density at radius 1 is 1.16 bits per heavy atom. The summed E-state index contributed by atoms with van der Waals surface area (Å²) in [4.78, 5) is 38.9. The first kappa shape index (κ1) is 18.9. The standard InChI is InChI=1S/C16H20ClN3O5/c1-3-25-16(23)20-8-6-19(7-9-20)15(22)14(21)18-11-4-5-13(24-2)12(17)10-11/h4-5,10H,3,6-9H2,1-2H3,(H,18,21). The van der Waals surface area contributed by atoms with Crippen LogP contribution in [0.5, 0.6) is 5.75 Å². The zero-order valence-corrected chi connectivity index (χ0v) is 14.8. The SMILES string of the molecule is CCOC(=O)N1CCN(C(=O)C(=O)Nc2ccc(OC)c(Cl)c2)CC1. The first-order chi connectivity index (χ1) is 12.0. The molecule has 1 heterocycles. The lowest BCUT2D eigenvalue weighted by atomic mass is 10.3. The summed E-state index contributed by atoms with van der Waals surface area (Å²) in [7, 11) is 1.49. The van der Waals surface area contributed by atoms with E-state index < -0.39 is 17.9 Å². The minimum Gasteiger partial charge on any atom is -0.495 e. The van der Waals surface area contributed by atoms with Crippen LogP contribution in [0.3, 0.4) is 0 Å². The predicted octanol–water partition coefficient (Wildman–Crippen LogP) is 1.59. The molecular weight excluding hydrogens is 350 g/mol. The molecule has 1 fully saturated rings. The molecule has 1 aliphatic heterocycles. The van der Waals surface area contributed by atoms with Crippen molar-refractivity contribution in [1.29, 1.82) is 0 Å². The summed E-state index contributed by atoms with van der Waals surface area (Å²) in [5.41, 5.74) is 0.398. The van der Waals surface area contributed by atoms with E-state index >= 15 is 0 Å². The lowest BCUT2D eigenvalue weighted by molar-refractivity contribution is -0.144. The van der Waals surface area contributed by atoms with E-state index in [2.05, 4.69) is 5.32 Å². The van der Waals surface area contributed by atoms with Crippen LogP contribution in [0.1, 0.15) is 6.92 Å². The van der Waals surface area contributed by atoms with Gasteiger partial charge in [0.05, 0.1) is 18.7 Å². The van der Waals surface area contributed by atoms with Crippen molar-refractivity contribution in [1.82, 2.24) is 9.80 Å². The van der Waals surface area contributed by atoms with Crippen LogP contribution in [-0.2, 0) is 14.3 Å². The molecule has 0 radical (unpaired) electrons. The Kier molecular flexibility index (Phi) is 6.46. The van der Waals surface area contributed by atoms with Crippen LogP contribution in [0.15, 0.2) is 18.2 Å². The molecule has 0 atom stereocenters. The van der Waals surface area contributed by atoms with Crippen molar-refractivity contribution >= 4 is 35.2 Å². The highest BCUT2D eigenvalue weighted by Crippen LogP contribution is 2.27. The van der Waals surface area contributed by atoms with Gasteiger partial charge in [-0.05, 0) is 25.1 Å². The lowest BCUT2D eigenvalue weighted by Crippen LogP contribution is -2.53. The summed E-state index contributed by atoms with van der Waals surface area (Å²) >= 11 is 5.99. The molecule has 8 nitrogen and oxygen atoms in total. The number of anilines is 1. The minimum absolute atomic E-state index is 0.272. The Hall–Kier alpha value is -2.48. The van der Waals surface area contributed by atoms with Gasteiger partial charge in [0, 0.05) is 31.9 Å². The maximum Gasteiger partial charge on any atom is 0.409 e. The fourth-order valence-corrected chi connectivity index (χ4v) is 2.64. The van der Waals surface area contributed by atoms with Gasteiger partial charge in [-0.15, -0.1) is 0 Å². The molecule has 1 saturated heterocycles. The van der Waals surface area contributed by atoms with Crippen molar-refractivity contribution in [2.24, 2.45) is 0 Å². The second kappa shape index (κ2) is 8.57. The van der Waals surface area contributed by atoms with Gasteiger partial charge in [0.1, 0.15) is 5.75 Å². The second-order valence-electron chi connectivity index (χ2n) is 5.28. The number of hydrogen-bond donors (Lipinski definition) is 1. The molecule has 9 heteroatoms. The lowest BCUT2D eigenvalue weighted by Gasteiger charge is -2.33. The Bertz CT molecular complexity index is 659. The number of carbonyl (C=O) groups is 3. The molecule has 25 heavy (non-hydrogen) atoms. The number of ether oxygens (including phenoxy) is 2. The molecule has 1 aliphatic rings. The third-order valence-electron chi connectivity index (χ3n) is 3.70.